The van der Waals surface area contributed by atoms with Gasteiger partial charge in [0.15, 0.2) is 16.3 Å². The third kappa shape index (κ3) is 3.26. The van der Waals surface area contributed by atoms with Crippen LogP contribution in [-0.2, 0) is 20.9 Å². The largest absolute Gasteiger partial charge is 0.486 e. The lowest BCUT2D eigenvalue weighted by Gasteiger charge is -2.18. The number of rotatable bonds is 4. The summed E-state index contributed by atoms with van der Waals surface area (Å²) in [5.41, 5.74) is 0.875. The number of amides is 1. The van der Waals surface area contributed by atoms with Crippen molar-refractivity contribution in [3.8, 4) is 11.5 Å². The molecule has 0 radical (unpaired) electrons. The standard InChI is InChI=1S/C17H18N2O5S/c1-22-15(20)4-5-19-11-8-12-13(24-7-6-23-12)9-14(11)25-17(19)18-16(21)10-2-3-10/h8-10H,2-7H2,1H3. The van der Waals surface area contributed by atoms with Crippen molar-refractivity contribution < 1.29 is 23.8 Å². The van der Waals surface area contributed by atoms with Crippen molar-refractivity contribution in [2.75, 3.05) is 20.3 Å². The van der Waals surface area contributed by atoms with Gasteiger partial charge in [-0.05, 0) is 12.8 Å². The number of methoxy groups -OCH3 is 1. The number of aromatic nitrogens is 1. The molecule has 2 heterocycles. The molecule has 0 spiro atoms. The zero-order valence-corrected chi connectivity index (χ0v) is 14.6. The van der Waals surface area contributed by atoms with E-state index in [1.54, 1.807) is 0 Å². The van der Waals surface area contributed by atoms with Crippen molar-refractivity contribution in [3.63, 3.8) is 0 Å². The minimum Gasteiger partial charge on any atom is -0.486 e. The van der Waals surface area contributed by atoms with E-state index < -0.39 is 0 Å². The molecule has 4 rings (SSSR count). The highest BCUT2D eigenvalue weighted by Crippen LogP contribution is 2.36. The van der Waals surface area contributed by atoms with Crippen molar-refractivity contribution in [1.82, 2.24) is 4.57 Å². The van der Waals surface area contributed by atoms with E-state index in [1.165, 1.54) is 18.4 Å². The van der Waals surface area contributed by atoms with Crippen LogP contribution in [-0.4, -0.2) is 36.8 Å². The van der Waals surface area contributed by atoms with E-state index in [9.17, 15) is 9.59 Å². The van der Waals surface area contributed by atoms with E-state index in [2.05, 4.69) is 4.99 Å². The second-order valence-corrected chi connectivity index (χ2v) is 7.06. The van der Waals surface area contributed by atoms with Gasteiger partial charge in [-0.1, -0.05) is 11.3 Å². The number of carbonyl (C=O) groups is 2. The van der Waals surface area contributed by atoms with Crippen LogP contribution in [0.3, 0.4) is 0 Å². The van der Waals surface area contributed by atoms with Gasteiger partial charge < -0.3 is 18.8 Å². The van der Waals surface area contributed by atoms with Crippen LogP contribution in [0.4, 0.5) is 0 Å². The van der Waals surface area contributed by atoms with Crippen LogP contribution < -0.4 is 14.3 Å². The van der Waals surface area contributed by atoms with Crippen LogP contribution in [0.25, 0.3) is 10.2 Å². The van der Waals surface area contributed by atoms with Crippen molar-refractivity contribution >= 4 is 33.4 Å². The molecular weight excluding hydrogens is 344 g/mol. The highest BCUT2D eigenvalue weighted by atomic mass is 32.1. The van der Waals surface area contributed by atoms with Crippen molar-refractivity contribution in [2.45, 2.75) is 25.8 Å². The highest BCUT2D eigenvalue weighted by molar-refractivity contribution is 7.16. The van der Waals surface area contributed by atoms with E-state index >= 15 is 0 Å². The molecule has 7 nitrogen and oxygen atoms in total. The maximum absolute atomic E-state index is 12.1. The number of hydrogen-bond acceptors (Lipinski definition) is 6. The molecule has 1 fully saturated rings. The lowest BCUT2D eigenvalue weighted by molar-refractivity contribution is -0.140. The fraction of sp³-hybridized carbons (Fsp3) is 0.471. The number of thiazole rings is 1. The summed E-state index contributed by atoms with van der Waals surface area (Å²) in [7, 11) is 1.36. The summed E-state index contributed by atoms with van der Waals surface area (Å²) in [6.45, 7) is 1.41. The zero-order valence-electron chi connectivity index (χ0n) is 13.8. The molecule has 0 atom stereocenters. The third-order valence-electron chi connectivity index (χ3n) is 4.25. The summed E-state index contributed by atoms with van der Waals surface area (Å²) in [5.74, 6) is 1.03. The first-order valence-electron chi connectivity index (χ1n) is 8.24. The molecular formula is C17H18N2O5S. The number of nitrogens with zero attached hydrogens (tertiary/aromatic N) is 2. The Labute approximate surface area is 147 Å². The van der Waals surface area contributed by atoms with Gasteiger partial charge in [0.25, 0.3) is 5.91 Å². The van der Waals surface area contributed by atoms with Crippen LogP contribution in [0.2, 0.25) is 0 Å². The Kier molecular flexibility index (Phi) is 4.20. The molecule has 0 bridgehead atoms. The number of carbonyl (C=O) groups excluding carboxylic acids is 2. The first-order chi connectivity index (χ1) is 12.2. The molecule has 1 aliphatic carbocycles. The Bertz CT molecular complexity index is 910. The van der Waals surface area contributed by atoms with Gasteiger partial charge in [0.05, 0.1) is 23.7 Å². The fourth-order valence-electron chi connectivity index (χ4n) is 2.73. The van der Waals surface area contributed by atoms with Crippen LogP contribution in [0, 0.1) is 5.92 Å². The minimum absolute atomic E-state index is 0.0548. The van der Waals surface area contributed by atoms with Crippen molar-refractivity contribution in [2.24, 2.45) is 10.9 Å². The number of fused-ring (bicyclic) bond motifs is 2. The summed E-state index contributed by atoms with van der Waals surface area (Å²) in [6, 6.07) is 3.79. The Morgan fingerprint density at radius 3 is 2.68 bits per heavy atom. The summed E-state index contributed by atoms with van der Waals surface area (Å²) >= 11 is 1.42. The summed E-state index contributed by atoms with van der Waals surface area (Å²) < 4.78 is 18.8. The molecule has 25 heavy (non-hydrogen) atoms. The number of ether oxygens (including phenoxy) is 3. The van der Waals surface area contributed by atoms with Gasteiger partial charge in [-0.15, -0.1) is 0 Å². The second-order valence-electron chi connectivity index (χ2n) is 6.05. The van der Waals surface area contributed by atoms with Crippen molar-refractivity contribution in [1.29, 1.82) is 0 Å². The normalized spacial score (nSPS) is 16.9. The van der Waals surface area contributed by atoms with Gasteiger partial charge in [-0.25, -0.2) is 0 Å². The second kappa shape index (κ2) is 6.51. The Balaban J connectivity index is 1.80. The molecule has 0 saturated heterocycles. The molecule has 0 unspecified atom stereocenters. The summed E-state index contributed by atoms with van der Waals surface area (Å²) in [5, 5.41) is 0. The van der Waals surface area contributed by atoms with Crippen LogP contribution >= 0.6 is 11.3 Å². The van der Waals surface area contributed by atoms with Gasteiger partial charge >= 0.3 is 5.97 Å². The van der Waals surface area contributed by atoms with Gasteiger partial charge in [-0.3, -0.25) is 9.59 Å². The van der Waals surface area contributed by atoms with Gasteiger partial charge in [0.2, 0.25) is 0 Å². The SMILES string of the molecule is COC(=O)CCn1c(=NC(=O)C2CC2)sc2cc3c(cc21)OCCO3. The predicted molar refractivity (Wildman–Crippen MR) is 90.7 cm³/mol. The third-order valence-corrected chi connectivity index (χ3v) is 5.29. The Morgan fingerprint density at radius 1 is 1.28 bits per heavy atom. The molecule has 2 aliphatic rings. The molecule has 132 valence electrons. The van der Waals surface area contributed by atoms with E-state index in [-0.39, 0.29) is 24.2 Å². The first-order valence-corrected chi connectivity index (χ1v) is 9.06. The molecule has 1 aromatic carbocycles. The zero-order chi connectivity index (χ0) is 17.4. The Morgan fingerprint density at radius 2 is 2.00 bits per heavy atom. The van der Waals surface area contributed by atoms with Gasteiger partial charge in [0.1, 0.15) is 13.2 Å². The first kappa shape index (κ1) is 16.1. The predicted octanol–water partition coefficient (Wildman–Crippen LogP) is 1.87. The molecule has 1 amide bonds. The van der Waals surface area contributed by atoms with E-state index in [0.29, 0.717) is 36.1 Å². The molecule has 0 N–H and O–H groups in total. The molecule has 1 aliphatic heterocycles. The lowest BCUT2D eigenvalue weighted by Crippen LogP contribution is -2.20. The van der Waals surface area contributed by atoms with Crippen LogP contribution in [0.15, 0.2) is 17.1 Å². The number of esters is 1. The van der Waals surface area contributed by atoms with E-state index in [1.807, 2.05) is 16.7 Å². The van der Waals surface area contributed by atoms with Crippen LogP contribution in [0.5, 0.6) is 11.5 Å². The number of hydrogen-bond donors (Lipinski definition) is 0. The van der Waals surface area contributed by atoms with Gasteiger partial charge in [0, 0.05) is 24.6 Å². The summed E-state index contributed by atoms with van der Waals surface area (Å²) in [4.78, 5) is 28.6. The highest BCUT2D eigenvalue weighted by Gasteiger charge is 2.29. The van der Waals surface area contributed by atoms with E-state index in [0.717, 1.165) is 23.1 Å². The van der Waals surface area contributed by atoms with E-state index in [4.69, 9.17) is 14.2 Å². The average molecular weight is 362 g/mol. The average Bonchev–Trinajstić information content (AvgIpc) is 3.42. The number of benzene rings is 1. The molecule has 2 aromatic rings. The minimum atomic E-state index is -0.302. The van der Waals surface area contributed by atoms with Crippen LogP contribution in [0.1, 0.15) is 19.3 Å². The fourth-order valence-corrected chi connectivity index (χ4v) is 3.80. The Hall–Kier alpha value is -2.35. The molecule has 1 aromatic heterocycles. The molecule has 8 heteroatoms. The lowest BCUT2D eigenvalue weighted by atomic mass is 10.2. The maximum atomic E-state index is 12.1. The van der Waals surface area contributed by atoms with Gasteiger partial charge in [-0.2, -0.15) is 4.99 Å². The topological polar surface area (TPSA) is 79.1 Å². The smallest absolute Gasteiger partial charge is 0.307 e. The monoisotopic (exact) mass is 362 g/mol. The van der Waals surface area contributed by atoms with Crippen molar-refractivity contribution in [3.05, 3.63) is 16.9 Å². The molecule has 1 saturated carbocycles. The maximum Gasteiger partial charge on any atom is 0.307 e. The summed E-state index contributed by atoms with van der Waals surface area (Å²) in [6.07, 6.45) is 2.03. The number of aryl methyl sites for hydroxylation is 1. The quantitative estimate of drug-likeness (QED) is 0.776.